The zero-order chi connectivity index (χ0) is 20.1. The summed E-state index contributed by atoms with van der Waals surface area (Å²) in [5.41, 5.74) is -1.04. The topological polar surface area (TPSA) is 108 Å². The molecule has 0 unspecified atom stereocenters. The van der Waals surface area contributed by atoms with Crippen LogP contribution in [0.1, 0.15) is 0 Å². The lowest BCUT2D eigenvalue weighted by molar-refractivity contribution is -0.210. The van der Waals surface area contributed by atoms with E-state index in [0.29, 0.717) is 0 Å². The minimum Gasteiger partial charge on any atom is -0.359 e. The Balaban J connectivity index is 1.80. The number of aromatic amines is 2. The van der Waals surface area contributed by atoms with E-state index in [2.05, 4.69) is 19.8 Å². The molecule has 0 aliphatic carbocycles. The molecule has 1 saturated heterocycles. The van der Waals surface area contributed by atoms with E-state index in [0.717, 1.165) is 11.1 Å². The number of ether oxygens (including phenoxy) is 1. The second-order valence-electron chi connectivity index (χ2n) is 6.12. The normalized spacial score (nSPS) is 19.0. The van der Waals surface area contributed by atoms with Crippen LogP contribution in [-0.2, 0) is 4.74 Å². The summed E-state index contributed by atoms with van der Waals surface area (Å²) in [5.74, 6) is -3.51. The largest absolute Gasteiger partial charge is 0.359 e. The fraction of sp³-hybridized carbons (Fsp3) is 0.333. The molecule has 9 nitrogen and oxygen atoms in total. The summed E-state index contributed by atoms with van der Waals surface area (Å²) in [6.07, 6.45) is 1.94. The maximum Gasteiger partial charge on any atom is 0.345 e. The number of anilines is 1. The first-order valence-electron chi connectivity index (χ1n) is 7.98. The molecule has 0 amide bonds. The van der Waals surface area contributed by atoms with Crippen LogP contribution in [0.25, 0.3) is 16.9 Å². The number of H-pyrrole nitrogens is 2. The van der Waals surface area contributed by atoms with Crippen molar-refractivity contribution in [3.63, 3.8) is 0 Å². The number of nitrogens with one attached hydrogen (secondary N) is 2. The molecule has 3 aromatic rings. The van der Waals surface area contributed by atoms with Crippen LogP contribution in [0.2, 0.25) is 0 Å². The number of fused-ring (bicyclic) bond motifs is 1. The zero-order valence-corrected chi connectivity index (χ0v) is 13.9. The highest BCUT2D eigenvalue weighted by Gasteiger charge is 2.50. The molecule has 0 saturated carbocycles. The number of imidazole rings is 1. The molecule has 0 spiro atoms. The number of rotatable bonds is 4. The minimum atomic E-state index is -3.51. The van der Waals surface area contributed by atoms with Gasteiger partial charge in [0.2, 0.25) is 0 Å². The van der Waals surface area contributed by atoms with Crippen molar-refractivity contribution in [1.82, 2.24) is 24.6 Å². The highest BCUT2D eigenvalue weighted by Crippen LogP contribution is 2.36. The van der Waals surface area contributed by atoms with Gasteiger partial charge in [-0.3, -0.25) is 9.78 Å². The van der Waals surface area contributed by atoms with Crippen molar-refractivity contribution in [3.8, 4) is 11.3 Å². The third-order valence-electron chi connectivity index (χ3n) is 4.30. The van der Waals surface area contributed by atoms with Crippen molar-refractivity contribution < 1.29 is 22.3 Å². The quantitative estimate of drug-likeness (QED) is 0.629. The molecule has 0 radical (unpaired) electrons. The highest BCUT2D eigenvalue weighted by atomic mass is 19.3. The number of halogens is 4. The first kappa shape index (κ1) is 18.2. The molecule has 1 aliphatic heterocycles. The smallest absolute Gasteiger partial charge is 0.345 e. The minimum absolute atomic E-state index is 0.0113. The molecular formula is C15H12F4N6O3. The van der Waals surface area contributed by atoms with Gasteiger partial charge in [0.1, 0.15) is 11.8 Å². The number of hydrogen-bond acceptors (Lipinski definition) is 6. The van der Waals surface area contributed by atoms with Crippen LogP contribution in [0.3, 0.4) is 0 Å². The maximum atomic E-state index is 14.1. The molecule has 3 aromatic heterocycles. The molecule has 1 atom stereocenters. The third-order valence-corrected chi connectivity index (χ3v) is 4.30. The lowest BCUT2D eigenvalue weighted by atomic mass is 10.2. The van der Waals surface area contributed by atoms with Gasteiger partial charge in [0, 0.05) is 18.6 Å². The Hall–Kier alpha value is -3.22. The van der Waals surface area contributed by atoms with Crippen molar-refractivity contribution in [2.24, 2.45) is 0 Å². The van der Waals surface area contributed by atoms with Gasteiger partial charge < -0.3 is 14.6 Å². The van der Waals surface area contributed by atoms with Gasteiger partial charge in [-0.05, 0) is 6.07 Å². The summed E-state index contributed by atoms with van der Waals surface area (Å²) in [5, 5.41) is 4.18. The molecule has 4 heterocycles. The summed E-state index contributed by atoms with van der Waals surface area (Å²) >= 11 is 0. The number of nitrogens with zero attached hydrogens (tertiary/aromatic N) is 4. The predicted octanol–water partition coefficient (Wildman–Crippen LogP) is 0.836. The summed E-state index contributed by atoms with van der Waals surface area (Å²) < 4.78 is 58.5. The Morgan fingerprint density at radius 2 is 2.11 bits per heavy atom. The second kappa shape index (κ2) is 6.44. The number of hydrogen-bond donors (Lipinski definition) is 2. The van der Waals surface area contributed by atoms with Crippen molar-refractivity contribution in [2.45, 2.75) is 18.6 Å². The first-order chi connectivity index (χ1) is 13.2. The van der Waals surface area contributed by atoms with Crippen molar-refractivity contribution in [1.29, 1.82) is 0 Å². The van der Waals surface area contributed by atoms with Crippen LogP contribution < -0.4 is 16.1 Å². The Morgan fingerprint density at radius 1 is 1.32 bits per heavy atom. The van der Waals surface area contributed by atoms with Crippen LogP contribution in [0.15, 0.2) is 34.2 Å². The average Bonchev–Trinajstić information content (AvgIpc) is 3.18. The fourth-order valence-corrected chi connectivity index (χ4v) is 3.07. The van der Waals surface area contributed by atoms with E-state index in [1.807, 2.05) is 4.98 Å². The van der Waals surface area contributed by atoms with E-state index < -0.39 is 43.0 Å². The van der Waals surface area contributed by atoms with Gasteiger partial charge in [-0.1, -0.05) is 0 Å². The Kier molecular flexibility index (Phi) is 4.18. The molecule has 148 valence electrons. The van der Waals surface area contributed by atoms with Crippen LogP contribution in [0.5, 0.6) is 0 Å². The van der Waals surface area contributed by atoms with E-state index in [1.165, 1.54) is 23.0 Å². The Bertz CT molecular complexity index is 1140. The SMILES string of the molecule is O=c1[nH]cc(-c2cc(N3C[C@H](OC(F)F)C(F)(F)C3)c3nccn3n2)c(=O)[nH]1. The predicted molar refractivity (Wildman–Crippen MR) is 87.7 cm³/mol. The van der Waals surface area contributed by atoms with Crippen LogP contribution in [0.4, 0.5) is 23.2 Å². The second-order valence-corrected chi connectivity index (χ2v) is 6.12. The van der Waals surface area contributed by atoms with Gasteiger partial charge in [0.05, 0.1) is 24.3 Å². The summed E-state index contributed by atoms with van der Waals surface area (Å²) in [7, 11) is 0. The molecule has 0 bridgehead atoms. The molecule has 28 heavy (non-hydrogen) atoms. The fourth-order valence-electron chi connectivity index (χ4n) is 3.07. The first-order valence-corrected chi connectivity index (χ1v) is 7.98. The monoisotopic (exact) mass is 400 g/mol. The standard InChI is InChI=1S/C15H12F4N6O3/c16-13(17)28-10-5-24(6-15(10,18)19)9-3-8(23-25-2-1-20-11(9)25)7-4-21-14(27)22-12(7)26/h1-4,10,13H,5-6H2,(H2,21,22,26,27)/t10-/m0/s1. The van der Waals surface area contributed by atoms with Crippen molar-refractivity contribution in [3.05, 3.63) is 45.5 Å². The van der Waals surface area contributed by atoms with Gasteiger partial charge in [0.15, 0.2) is 5.65 Å². The molecule has 1 aliphatic rings. The molecule has 2 N–H and O–H groups in total. The van der Waals surface area contributed by atoms with Crippen molar-refractivity contribution >= 4 is 11.3 Å². The molecule has 13 heteroatoms. The molecular weight excluding hydrogens is 388 g/mol. The van der Waals surface area contributed by atoms with Gasteiger partial charge in [0.25, 0.3) is 11.5 Å². The van der Waals surface area contributed by atoms with E-state index in [-0.39, 0.29) is 22.6 Å². The number of alkyl halides is 4. The number of aromatic nitrogens is 5. The summed E-state index contributed by atoms with van der Waals surface area (Å²) in [6, 6.07) is 1.33. The van der Waals surface area contributed by atoms with Crippen LogP contribution in [-0.4, -0.2) is 56.3 Å². The highest BCUT2D eigenvalue weighted by molar-refractivity contribution is 5.74. The lowest BCUT2D eigenvalue weighted by Gasteiger charge is -2.19. The zero-order valence-electron chi connectivity index (χ0n) is 13.9. The maximum absolute atomic E-state index is 14.1. The lowest BCUT2D eigenvalue weighted by Crippen LogP contribution is -2.35. The average molecular weight is 400 g/mol. The van der Waals surface area contributed by atoms with Gasteiger partial charge >= 0.3 is 12.3 Å². The Labute approximate surface area is 152 Å². The Morgan fingerprint density at radius 3 is 2.82 bits per heavy atom. The van der Waals surface area contributed by atoms with E-state index in [4.69, 9.17) is 0 Å². The molecule has 1 fully saturated rings. The van der Waals surface area contributed by atoms with Gasteiger partial charge in [-0.15, -0.1) is 0 Å². The van der Waals surface area contributed by atoms with Gasteiger partial charge in [-0.25, -0.2) is 23.1 Å². The van der Waals surface area contributed by atoms with Crippen LogP contribution in [0, 0.1) is 0 Å². The van der Waals surface area contributed by atoms with Crippen LogP contribution >= 0.6 is 0 Å². The van der Waals surface area contributed by atoms with Gasteiger partial charge in [-0.2, -0.15) is 13.9 Å². The van der Waals surface area contributed by atoms with E-state index in [9.17, 15) is 27.2 Å². The summed E-state index contributed by atoms with van der Waals surface area (Å²) in [4.78, 5) is 32.8. The molecule has 0 aromatic carbocycles. The third kappa shape index (κ3) is 3.13. The van der Waals surface area contributed by atoms with Crippen molar-refractivity contribution in [2.75, 3.05) is 18.0 Å². The van der Waals surface area contributed by atoms with E-state index >= 15 is 0 Å². The molecule has 4 rings (SSSR count). The summed E-state index contributed by atoms with van der Waals surface area (Å²) in [6.45, 7) is -4.72. The van der Waals surface area contributed by atoms with E-state index in [1.54, 1.807) is 0 Å².